The first-order valence-corrected chi connectivity index (χ1v) is 10.6. The molecule has 2 N–H and O–H groups in total. The summed E-state index contributed by atoms with van der Waals surface area (Å²) in [5.41, 5.74) is 0.0774. The Balaban J connectivity index is 0.00000529. The molecule has 0 saturated carbocycles. The molecule has 0 aromatic heterocycles. The van der Waals surface area contributed by atoms with E-state index in [1.807, 2.05) is 6.92 Å². The molecule has 0 radical (unpaired) electrons. The quantitative estimate of drug-likeness (QED) is 0.335. The molecule has 1 rings (SSSR count). The first-order chi connectivity index (χ1) is 10.6. The molecule has 0 aromatic carbocycles. The van der Waals surface area contributed by atoms with Gasteiger partial charge in [-0.05, 0) is 53.1 Å². The number of piperidine rings is 1. The number of sulfone groups is 1. The van der Waals surface area contributed by atoms with Gasteiger partial charge in [-0.15, -0.1) is 24.0 Å². The molecule has 1 atom stereocenters. The molecule has 0 bridgehead atoms. The van der Waals surface area contributed by atoms with E-state index in [2.05, 4.69) is 34.4 Å². The predicted octanol–water partition coefficient (Wildman–Crippen LogP) is 1.86. The van der Waals surface area contributed by atoms with Crippen LogP contribution >= 0.6 is 24.0 Å². The van der Waals surface area contributed by atoms with E-state index in [0.29, 0.717) is 6.42 Å². The molecule has 1 unspecified atom stereocenters. The average molecular weight is 474 g/mol. The van der Waals surface area contributed by atoms with Crippen LogP contribution in [0.4, 0.5) is 0 Å². The number of aliphatic imine (C=N–C) groups is 1. The Kier molecular flexibility index (Phi) is 10.8. The summed E-state index contributed by atoms with van der Waals surface area (Å²) in [6.45, 7) is 9.62. The van der Waals surface area contributed by atoms with Crippen molar-refractivity contribution in [2.45, 2.75) is 58.0 Å². The van der Waals surface area contributed by atoms with Gasteiger partial charge in [0.05, 0.1) is 5.75 Å². The first kappa shape index (κ1) is 23.9. The van der Waals surface area contributed by atoms with Gasteiger partial charge in [0.25, 0.3) is 0 Å². The van der Waals surface area contributed by atoms with Gasteiger partial charge >= 0.3 is 0 Å². The molecule has 0 spiro atoms. The van der Waals surface area contributed by atoms with Gasteiger partial charge in [-0.2, -0.15) is 0 Å². The van der Waals surface area contributed by atoms with Crippen LogP contribution in [0, 0.1) is 0 Å². The zero-order valence-electron chi connectivity index (χ0n) is 15.8. The summed E-state index contributed by atoms with van der Waals surface area (Å²) in [7, 11) is -1.18. The van der Waals surface area contributed by atoms with Crippen LogP contribution < -0.4 is 10.6 Å². The van der Waals surface area contributed by atoms with Crippen molar-refractivity contribution in [3.8, 4) is 0 Å². The van der Waals surface area contributed by atoms with Gasteiger partial charge in [-0.1, -0.05) is 6.42 Å². The van der Waals surface area contributed by atoms with E-state index < -0.39 is 9.84 Å². The molecule has 24 heavy (non-hydrogen) atoms. The fourth-order valence-electron chi connectivity index (χ4n) is 2.80. The van der Waals surface area contributed by atoms with Crippen LogP contribution in [0.2, 0.25) is 0 Å². The minimum absolute atomic E-state index is 0. The molecular formula is C16H35IN4O2S. The Bertz CT molecular complexity index is 488. The summed E-state index contributed by atoms with van der Waals surface area (Å²) < 4.78 is 22.5. The topological polar surface area (TPSA) is 73.8 Å². The maximum absolute atomic E-state index is 11.2. The summed E-state index contributed by atoms with van der Waals surface area (Å²) in [6.07, 6.45) is 5.74. The fraction of sp³-hybridized carbons (Fsp3) is 0.938. The molecule has 1 aliphatic rings. The highest BCUT2D eigenvalue weighted by atomic mass is 127. The van der Waals surface area contributed by atoms with Crippen LogP contribution in [-0.2, 0) is 9.84 Å². The highest BCUT2D eigenvalue weighted by Crippen LogP contribution is 2.19. The maximum atomic E-state index is 11.2. The van der Waals surface area contributed by atoms with Crippen molar-refractivity contribution in [3.05, 3.63) is 0 Å². The lowest BCUT2D eigenvalue weighted by Crippen LogP contribution is -2.55. The van der Waals surface area contributed by atoms with Gasteiger partial charge < -0.3 is 10.6 Å². The summed E-state index contributed by atoms with van der Waals surface area (Å²) in [5.74, 6) is 0.924. The molecule has 1 saturated heterocycles. The van der Waals surface area contributed by atoms with Crippen LogP contribution in [0.1, 0.15) is 46.5 Å². The maximum Gasteiger partial charge on any atom is 0.191 e. The van der Waals surface area contributed by atoms with Gasteiger partial charge in [0.1, 0.15) is 9.84 Å². The number of nitrogens with one attached hydrogen (secondary N) is 2. The van der Waals surface area contributed by atoms with Gasteiger partial charge in [-0.25, -0.2) is 8.42 Å². The highest BCUT2D eigenvalue weighted by molar-refractivity contribution is 14.0. The van der Waals surface area contributed by atoms with Crippen LogP contribution in [0.3, 0.4) is 0 Å². The van der Waals surface area contributed by atoms with Gasteiger partial charge in [0.15, 0.2) is 5.96 Å². The van der Waals surface area contributed by atoms with Crippen LogP contribution in [0.25, 0.3) is 0 Å². The molecule has 8 heteroatoms. The fourth-order valence-corrected chi connectivity index (χ4v) is 3.58. The van der Waals surface area contributed by atoms with E-state index in [9.17, 15) is 8.42 Å². The molecule has 0 aromatic rings. The predicted molar refractivity (Wildman–Crippen MR) is 113 cm³/mol. The van der Waals surface area contributed by atoms with Crippen molar-refractivity contribution in [1.29, 1.82) is 0 Å². The Morgan fingerprint density at radius 2 is 1.83 bits per heavy atom. The van der Waals surface area contributed by atoms with E-state index >= 15 is 0 Å². The molecule has 1 heterocycles. The minimum atomic E-state index is -2.92. The minimum Gasteiger partial charge on any atom is -0.355 e. The monoisotopic (exact) mass is 474 g/mol. The molecule has 1 fully saturated rings. The summed E-state index contributed by atoms with van der Waals surface area (Å²) in [4.78, 5) is 6.78. The molecular weight excluding hydrogens is 439 g/mol. The van der Waals surface area contributed by atoms with E-state index in [0.717, 1.165) is 25.6 Å². The Hall–Kier alpha value is -0.0900. The van der Waals surface area contributed by atoms with E-state index in [4.69, 9.17) is 0 Å². The molecule has 6 nitrogen and oxygen atoms in total. The second-order valence-electron chi connectivity index (χ2n) is 7.25. The third-order valence-electron chi connectivity index (χ3n) is 4.43. The number of rotatable bonds is 7. The largest absolute Gasteiger partial charge is 0.355 e. The lowest BCUT2D eigenvalue weighted by molar-refractivity contribution is 0.0982. The number of halogens is 1. The molecule has 1 aliphatic heterocycles. The number of nitrogens with zero attached hydrogens (tertiary/aromatic N) is 2. The van der Waals surface area contributed by atoms with Crippen LogP contribution in [0.5, 0.6) is 0 Å². The van der Waals surface area contributed by atoms with E-state index in [-0.39, 0.29) is 41.3 Å². The van der Waals surface area contributed by atoms with Crippen LogP contribution in [-0.4, -0.2) is 69.5 Å². The van der Waals surface area contributed by atoms with E-state index in [1.165, 1.54) is 25.5 Å². The van der Waals surface area contributed by atoms with Crippen molar-refractivity contribution in [1.82, 2.24) is 15.5 Å². The third-order valence-corrected chi connectivity index (χ3v) is 5.41. The SMILES string of the molecule is CN=C(NCC(C)(C)N1CCCCC1)NC(C)CCS(C)(=O)=O.I. The van der Waals surface area contributed by atoms with Crippen molar-refractivity contribution < 1.29 is 8.42 Å². The van der Waals surface area contributed by atoms with Crippen molar-refractivity contribution in [2.24, 2.45) is 4.99 Å². The Morgan fingerprint density at radius 3 is 2.33 bits per heavy atom. The van der Waals surface area contributed by atoms with Gasteiger partial charge in [-0.3, -0.25) is 9.89 Å². The summed E-state index contributed by atoms with van der Waals surface area (Å²) >= 11 is 0. The summed E-state index contributed by atoms with van der Waals surface area (Å²) in [5, 5.41) is 6.65. The standard InChI is InChI=1S/C16H34N4O2S.HI/c1-14(9-12-23(5,21)22)19-15(17-4)18-13-16(2,3)20-10-7-6-8-11-20;/h14H,6-13H2,1-5H3,(H2,17,18,19);1H. The number of hydrogen-bond acceptors (Lipinski definition) is 4. The number of guanidine groups is 1. The second-order valence-corrected chi connectivity index (χ2v) is 9.51. The molecule has 144 valence electrons. The zero-order valence-corrected chi connectivity index (χ0v) is 18.9. The number of hydrogen-bond donors (Lipinski definition) is 2. The van der Waals surface area contributed by atoms with Crippen molar-refractivity contribution in [2.75, 3.05) is 38.7 Å². The highest BCUT2D eigenvalue weighted by Gasteiger charge is 2.28. The molecule has 0 aliphatic carbocycles. The Labute approximate surface area is 165 Å². The summed E-state index contributed by atoms with van der Waals surface area (Å²) in [6, 6.07) is 0.0639. The lowest BCUT2D eigenvalue weighted by atomic mass is 9.98. The molecule has 0 amide bonds. The normalized spacial score (nSPS) is 18.6. The second kappa shape index (κ2) is 10.8. The average Bonchev–Trinajstić information content (AvgIpc) is 2.49. The smallest absolute Gasteiger partial charge is 0.191 e. The lowest BCUT2D eigenvalue weighted by Gasteiger charge is -2.41. The van der Waals surface area contributed by atoms with Crippen molar-refractivity contribution >= 4 is 39.8 Å². The van der Waals surface area contributed by atoms with Gasteiger partial charge in [0.2, 0.25) is 0 Å². The Morgan fingerprint density at radius 1 is 1.25 bits per heavy atom. The van der Waals surface area contributed by atoms with E-state index in [1.54, 1.807) is 7.05 Å². The van der Waals surface area contributed by atoms with Gasteiger partial charge in [0, 0.05) is 31.4 Å². The number of likely N-dealkylation sites (tertiary alicyclic amines) is 1. The van der Waals surface area contributed by atoms with Crippen molar-refractivity contribution in [3.63, 3.8) is 0 Å². The van der Waals surface area contributed by atoms with Crippen LogP contribution in [0.15, 0.2) is 4.99 Å². The zero-order chi connectivity index (χ0) is 17.5. The first-order valence-electron chi connectivity index (χ1n) is 8.54. The third kappa shape index (κ3) is 9.41.